The van der Waals surface area contributed by atoms with Crippen LogP contribution < -0.4 is 5.32 Å². The molecule has 0 saturated heterocycles. The van der Waals surface area contributed by atoms with Gasteiger partial charge in [-0.05, 0) is 47.8 Å². The van der Waals surface area contributed by atoms with Gasteiger partial charge in [-0.3, -0.25) is 0 Å². The Labute approximate surface area is 148 Å². The first-order valence-electron chi connectivity index (χ1n) is 7.47. The van der Waals surface area contributed by atoms with Crippen molar-refractivity contribution >= 4 is 38.5 Å². The number of fused-ring (bicyclic) bond motifs is 1. The second kappa shape index (κ2) is 5.98. The van der Waals surface area contributed by atoms with Crippen molar-refractivity contribution in [2.45, 2.75) is 4.90 Å². The van der Waals surface area contributed by atoms with Gasteiger partial charge in [0.15, 0.2) is 15.5 Å². The van der Waals surface area contributed by atoms with E-state index in [0.29, 0.717) is 5.95 Å². The Morgan fingerprint density at radius 1 is 1.08 bits per heavy atom. The van der Waals surface area contributed by atoms with Crippen molar-refractivity contribution in [2.24, 2.45) is 0 Å². The monoisotopic (exact) mass is 370 g/mol. The van der Waals surface area contributed by atoms with Gasteiger partial charge in [0.05, 0.1) is 4.90 Å². The molecule has 25 heavy (non-hydrogen) atoms. The van der Waals surface area contributed by atoms with Crippen LogP contribution in [0.2, 0.25) is 0 Å². The van der Waals surface area contributed by atoms with Crippen molar-refractivity contribution in [1.29, 1.82) is 0 Å². The summed E-state index contributed by atoms with van der Waals surface area (Å²) >= 11 is 1.65. The van der Waals surface area contributed by atoms with Crippen LogP contribution in [0.1, 0.15) is 0 Å². The van der Waals surface area contributed by atoms with Gasteiger partial charge in [0.1, 0.15) is 0 Å². The molecule has 0 unspecified atom stereocenters. The molecule has 1 aromatic carbocycles. The third-order valence-corrected chi connectivity index (χ3v) is 5.72. The number of pyridine rings is 1. The molecule has 3 aromatic heterocycles. The first-order valence-corrected chi connectivity index (χ1v) is 10.2. The van der Waals surface area contributed by atoms with Crippen LogP contribution in [0, 0.1) is 0 Å². The maximum absolute atomic E-state index is 11.5. The average Bonchev–Trinajstić information content (AvgIpc) is 3.23. The number of thiophene rings is 1. The van der Waals surface area contributed by atoms with Crippen LogP contribution in [0.3, 0.4) is 0 Å². The Balaban J connectivity index is 1.68. The Morgan fingerprint density at radius 2 is 1.88 bits per heavy atom. The Kier molecular flexibility index (Phi) is 3.78. The maximum Gasteiger partial charge on any atom is 0.247 e. The van der Waals surface area contributed by atoms with E-state index in [4.69, 9.17) is 0 Å². The van der Waals surface area contributed by atoms with E-state index in [1.165, 1.54) is 6.26 Å². The molecule has 0 aliphatic carbocycles. The van der Waals surface area contributed by atoms with Gasteiger partial charge in [-0.15, -0.1) is 16.4 Å². The number of benzene rings is 1. The fourth-order valence-electron chi connectivity index (χ4n) is 2.50. The van der Waals surface area contributed by atoms with Crippen LogP contribution in [-0.2, 0) is 9.84 Å². The molecule has 0 bridgehead atoms. The molecule has 8 heteroatoms. The summed E-state index contributed by atoms with van der Waals surface area (Å²) in [5.74, 6) is 0.455. The molecule has 6 nitrogen and oxygen atoms in total. The predicted octanol–water partition coefficient (Wildman–Crippen LogP) is 3.60. The average molecular weight is 370 g/mol. The van der Waals surface area contributed by atoms with Crippen molar-refractivity contribution in [3.8, 4) is 10.4 Å². The maximum atomic E-state index is 11.5. The molecule has 0 spiro atoms. The lowest BCUT2D eigenvalue weighted by molar-refractivity contribution is 0.602. The Morgan fingerprint density at radius 3 is 2.56 bits per heavy atom. The van der Waals surface area contributed by atoms with Crippen LogP contribution in [0.4, 0.5) is 11.6 Å². The largest absolute Gasteiger partial charge is 0.323 e. The topological polar surface area (TPSA) is 76.4 Å². The minimum Gasteiger partial charge on any atom is -0.323 e. The predicted molar refractivity (Wildman–Crippen MR) is 99.1 cm³/mol. The molecular weight excluding hydrogens is 356 g/mol. The van der Waals surface area contributed by atoms with Gasteiger partial charge in [-0.2, -0.15) is 4.98 Å². The number of sulfone groups is 1. The van der Waals surface area contributed by atoms with E-state index in [1.54, 1.807) is 40.1 Å². The zero-order valence-electron chi connectivity index (χ0n) is 13.2. The van der Waals surface area contributed by atoms with E-state index in [-0.39, 0.29) is 4.90 Å². The van der Waals surface area contributed by atoms with E-state index in [1.807, 2.05) is 35.8 Å². The summed E-state index contributed by atoms with van der Waals surface area (Å²) in [5.41, 5.74) is 2.51. The van der Waals surface area contributed by atoms with Crippen LogP contribution in [0.25, 0.3) is 16.1 Å². The SMILES string of the molecule is CS(=O)(=O)c1ccc(Nc2nc3c(-c4cccs4)cccn3n2)cc1. The highest BCUT2D eigenvalue weighted by Crippen LogP contribution is 2.28. The molecule has 0 fully saturated rings. The zero-order valence-corrected chi connectivity index (χ0v) is 14.9. The summed E-state index contributed by atoms with van der Waals surface area (Å²) in [6.07, 6.45) is 3.03. The first kappa shape index (κ1) is 15.8. The van der Waals surface area contributed by atoms with Crippen LogP contribution in [0.15, 0.2) is 65.0 Å². The second-order valence-electron chi connectivity index (χ2n) is 5.52. The summed E-state index contributed by atoms with van der Waals surface area (Å²) in [5, 5.41) is 9.57. The zero-order chi connectivity index (χ0) is 17.4. The molecule has 126 valence electrons. The normalized spacial score (nSPS) is 11.7. The number of aromatic nitrogens is 3. The lowest BCUT2D eigenvalue weighted by Gasteiger charge is -2.02. The molecule has 1 N–H and O–H groups in total. The van der Waals surface area contributed by atoms with Crippen LogP contribution >= 0.6 is 11.3 Å². The van der Waals surface area contributed by atoms with E-state index in [9.17, 15) is 8.42 Å². The Bertz CT molecular complexity index is 1130. The highest BCUT2D eigenvalue weighted by Gasteiger charge is 2.11. The van der Waals surface area contributed by atoms with Gasteiger partial charge in [0.2, 0.25) is 5.95 Å². The van der Waals surface area contributed by atoms with Gasteiger partial charge in [0.25, 0.3) is 0 Å². The lowest BCUT2D eigenvalue weighted by atomic mass is 10.2. The van der Waals surface area contributed by atoms with Crippen LogP contribution in [0.5, 0.6) is 0 Å². The molecule has 0 aliphatic rings. The van der Waals surface area contributed by atoms with E-state index in [2.05, 4.69) is 15.4 Å². The standard InChI is InChI=1S/C17H14N4O2S2/c1-25(22,23)13-8-6-12(7-9-13)18-17-19-16-14(15-5-3-11-24-15)4-2-10-21(16)20-17/h2-11H,1H3,(H,18,20). The molecule has 4 rings (SSSR count). The molecular formula is C17H14N4O2S2. The molecule has 0 saturated carbocycles. The van der Waals surface area contributed by atoms with Crippen LogP contribution in [-0.4, -0.2) is 29.3 Å². The van der Waals surface area contributed by atoms with Gasteiger partial charge in [0, 0.05) is 28.6 Å². The summed E-state index contributed by atoms with van der Waals surface area (Å²) in [7, 11) is -3.21. The van der Waals surface area contributed by atoms with Crippen molar-refractivity contribution in [3.63, 3.8) is 0 Å². The Hall–Kier alpha value is -2.71. The van der Waals surface area contributed by atoms with E-state index in [0.717, 1.165) is 21.8 Å². The van der Waals surface area contributed by atoms with Gasteiger partial charge < -0.3 is 5.32 Å². The van der Waals surface area contributed by atoms with Crippen molar-refractivity contribution in [1.82, 2.24) is 14.6 Å². The summed E-state index contributed by atoms with van der Waals surface area (Å²) in [4.78, 5) is 5.97. The summed E-state index contributed by atoms with van der Waals surface area (Å²) < 4.78 is 24.8. The van der Waals surface area contributed by atoms with E-state index >= 15 is 0 Å². The molecule has 0 aliphatic heterocycles. The third kappa shape index (κ3) is 3.13. The van der Waals surface area contributed by atoms with Crippen molar-refractivity contribution < 1.29 is 8.42 Å². The highest BCUT2D eigenvalue weighted by molar-refractivity contribution is 7.90. The molecule has 0 amide bonds. The summed E-state index contributed by atoms with van der Waals surface area (Å²) in [6, 6.07) is 14.5. The lowest BCUT2D eigenvalue weighted by Crippen LogP contribution is -1.98. The van der Waals surface area contributed by atoms with Crippen molar-refractivity contribution in [2.75, 3.05) is 11.6 Å². The number of hydrogen-bond acceptors (Lipinski definition) is 6. The molecule has 4 aromatic rings. The van der Waals surface area contributed by atoms with Gasteiger partial charge >= 0.3 is 0 Å². The molecule has 3 heterocycles. The minimum atomic E-state index is -3.21. The van der Waals surface area contributed by atoms with E-state index < -0.39 is 9.84 Å². The molecule has 0 atom stereocenters. The fraction of sp³-hybridized carbons (Fsp3) is 0.0588. The number of nitrogens with zero attached hydrogens (tertiary/aromatic N) is 3. The number of rotatable bonds is 4. The quantitative estimate of drug-likeness (QED) is 0.594. The molecule has 0 radical (unpaired) electrons. The van der Waals surface area contributed by atoms with Gasteiger partial charge in [-0.1, -0.05) is 6.07 Å². The smallest absolute Gasteiger partial charge is 0.247 e. The highest BCUT2D eigenvalue weighted by atomic mass is 32.2. The second-order valence-corrected chi connectivity index (χ2v) is 8.49. The van der Waals surface area contributed by atoms with Gasteiger partial charge in [-0.25, -0.2) is 12.9 Å². The number of anilines is 2. The first-order chi connectivity index (χ1) is 12.0. The summed E-state index contributed by atoms with van der Waals surface area (Å²) in [6.45, 7) is 0. The number of hydrogen-bond donors (Lipinski definition) is 1. The third-order valence-electron chi connectivity index (χ3n) is 3.69. The number of nitrogens with one attached hydrogen (secondary N) is 1. The van der Waals surface area contributed by atoms with Crippen molar-refractivity contribution in [3.05, 3.63) is 60.1 Å². The minimum absolute atomic E-state index is 0.279. The fourth-order valence-corrected chi connectivity index (χ4v) is 3.88.